The molecule has 376 valence electrons. The number of pyridine rings is 2. The number of hydrogen-bond donors (Lipinski definition) is 4. The Bertz CT molecular complexity index is 2600. The van der Waals surface area contributed by atoms with E-state index in [9.17, 15) is 19.5 Å². The molecule has 16 heteroatoms. The second-order valence-corrected chi connectivity index (χ2v) is 20.4. The summed E-state index contributed by atoms with van der Waals surface area (Å²) in [6.07, 6.45) is 11.6. The summed E-state index contributed by atoms with van der Waals surface area (Å²) in [5.41, 5.74) is 11.3. The fourth-order valence-electron chi connectivity index (χ4n) is 9.22. The lowest BCUT2D eigenvalue weighted by atomic mass is 9.85. The number of fused-ring (bicyclic) bond motifs is 3. The quantitative estimate of drug-likeness (QED) is 0.0436. The molecule has 3 aliphatic rings. The number of aliphatic hydroxyl groups is 1. The van der Waals surface area contributed by atoms with Crippen molar-refractivity contribution in [2.24, 2.45) is 11.3 Å². The summed E-state index contributed by atoms with van der Waals surface area (Å²) in [5, 5.41) is 19.8. The molecular weight excluding hydrogens is 919 g/mol. The van der Waals surface area contributed by atoms with Gasteiger partial charge < -0.3 is 44.9 Å². The number of β-amino-alcohol motifs (C(OH)–C–C–N with tert-alkyl or cyclic N) is 1. The summed E-state index contributed by atoms with van der Waals surface area (Å²) in [6, 6.07) is 19.1. The van der Waals surface area contributed by atoms with Crippen LogP contribution in [-0.4, -0.2) is 127 Å². The highest BCUT2D eigenvalue weighted by molar-refractivity contribution is 7.13. The molecule has 1 saturated heterocycles. The number of likely N-dealkylation sites (tertiary alicyclic amines) is 1. The van der Waals surface area contributed by atoms with E-state index in [1.54, 1.807) is 17.5 Å². The number of anilines is 1. The Morgan fingerprint density at radius 3 is 2.31 bits per heavy atom. The van der Waals surface area contributed by atoms with E-state index >= 15 is 0 Å². The molecule has 2 aromatic carbocycles. The molecule has 3 aromatic heterocycles. The van der Waals surface area contributed by atoms with Crippen LogP contribution >= 0.6 is 11.3 Å². The minimum absolute atomic E-state index is 0.00156. The van der Waals surface area contributed by atoms with Crippen LogP contribution in [0.4, 0.5) is 5.82 Å². The maximum absolute atomic E-state index is 14.0. The minimum Gasteiger partial charge on any atom is -0.391 e. The number of carbonyl (C=O) groups excluding carboxylic acids is 3. The van der Waals surface area contributed by atoms with Crippen LogP contribution in [0.5, 0.6) is 0 Å². The molecule has 2 aliphatic carbocycles. The van der Waals surface area contributed by atoms with E-state index < -0.39 is 29.5 Å². The molecule has 4 N–H and O–H groups in total. The van der Waals surface area contributed by atoms with E-state index in [1.165, 1.54) is 34.4 Å². The fraction of sp³-hybridized carbons (Fsp3) is 0.455. The Kier molecular flexibility index (Phi) is 17.8. The number of aliphatic hydroxyl groups excluding tert-OH is 1. The number of rotatable bonds is 25. The third kappa shape index (κ3) is 14.2. The van der Waals surface area contributed by atoms with Crippen LogP contribution in [0.2, 0.25) is 0 Å². The Morgan fingerprint density at radius 1 is 0.859 bits per heavy atom. The normalized spacial score (nSPS) is 18.6. The van der Waals surface area contributed by atoms with Gasteiger partial charge >= 0.3 is 0 Å². The van der Waals surface area contributed by atoms with Crippen molar-refractivity contribution < 1.29 is 38.4 Å². The molecule has 5 aromatic rings. The molecule has 1 saturated carbocycles. The highest BCUT2D eigenvalue weighted by Crippen LogP contribution is 2.56. The second-order valence-electron chi connectivity index (χ2n) is 19.6. The predicted molar refractivity (Wildman–Crippen MR) is 275 cm³/mol. The van der Waals surface area contributed by atoms with Crippen LogP contribution in [0.15, 0.2) is 84.8 Å². The zero-order valence-electron chi connectivity index (χ0n) is 41.2. The van der Waals surface area contributed by atoms with Gasteiger partial charge in [-0.3, -0.25) is 19.4 Å². The van der Waals surface area contributed by atoms with Gasteiger partial charge in [-0.15, -0.1) is 11.3 Å². The Hall–Kier alpha value is -5.88. The molecule has 15 nitrogen and oxygen atoms in total. The molecule has 0 bridgehead atoms. The van der Waals surface area contributed by atoms with Crippen LogP contribution in [0.3, 0.4) is 0 Å². The van der Waals surface area contributed by atoms with E-state index in [0.717, 1.165) is 56.0 Å². The van der Waals surface area contributed by atoms with Gasteiger partial charge in [0.1, 0.15) is 17.9 Å². The number of ether oxygens (including phenoxy) is 4. The lowest BCUT2D eigenvalue weighted by molar-refractivity contribution is -0.144. The summed E-state index contributed by atoms with van der Waals surface area (Å²) in [7, 11) is 0. The second kappa shape index (κ2) is 24.5. The van der Waals surface area contributed by atoms with Crippen molar-refractivity contribution in [3.8, 4) is 21.6 Å². The third-order valence-corrected chi connectivity index (χ3v) is 14.2. The van der Waals surface area contributed by atoms with Crippen molar-refractivity contribution in [3.63, 3.8) is 0 Å². The Morgan fingerprint density at radius 2 is 1.61 bits per heavy atom. The number of carbonyl (C=O) groups is 3. The van der Waals surface area contributed by atoms with Crippen LogP contribution in [0, 0.1) is 18.3 Å². The molecule has 2 fully saturated rings. The molecule has 71 heavy (non-hydrogen) atoms. The molecule has 0 radical (unpaired) electrons. The average Bonchev–Trinajstić information content (AvgIpc) is 3.60. The van der Waals surface area contributed by atoms with Gasteiger partial charge in [0.05, 0.1) is 75.0 Å². The summed E-state index contributed by atoms with van der Waals surface area (Å²) in [4.78, 5) is 56.3. The number of nitrogens with one attached hydrogen (secondary N) is 3. The van der Waals surface area contributed by atoms with Crippen LogP contribution in [-0.2, 0) is 46.3 Å². The van der Waals surface area contributed by atoms with E-state index in [0.29, 0.717) is 46.2 Å². The molecular formula is C55H67N7O8S. The number of aryl methyl sites for hydroxylation is 1. The van der Waals surface area contributed by atoms with Crippen molar-refractivity contribution in [2.45, 2.75) is 84.0 Å². The number of aromatic nitrogens is 3. The van der Waals surface area contributed by atoms with E-state index in [4.69, 9.17) is 23.9 Å². The summed E-state index contributed by atoms with van der Waals surface area (Å²) >= 11 is 1.58. The fourth-order valence-corrected chi connectivity index (χ4v) is 10.0. The average molecular weight is 986 g/mol. The van der Waals surface area contributed by atoms with Gasteiger partial charge in [-0.2, -0.15) is 0 Å². The monoisotopic (exact) mass is 985 g/mol. The van der Waals surface area contributed by atoms with Gasteiger partial charge in [0.25, 0.3) is 0 Å². The van der Waals surface area contributed by atoms with Crippen LogP contribution < -0.4 is 16.0 Å². The lowest BCUT2D eigenvalue weighted by Crippen LogP contribution is -2.57. The molecule has 8 rings (SSSR count). The van der Waals surface area contributed by atoms with E-state index in [-0.39, 0.29) is 51.0 Å². The molecule has 4 heterocycles. The zero-order chi connectivity index (χ0) is 49.7. The van der Waals surface area contributed by atoms with Crippen LogP contribution in [0.1, 0.15) is 79.5 Å². The highest BCUT2D eigenvalue weighted by Gasteiger charge is 2.45. The van der Waals surface area contributed by atoms with Gasteiger partial charge in [0.2, 0.25) is 17.7 Å². The van der Waals surface area contributed by atoms with Gasteiger partial charge in [0.15, 0.2) is 0 Å². The highest BCUT2D eigenvalue weighted by atomic mass is 32.1. The first-order valence-electron chi connectivity index (χ1n) is 24.7. The summed E-state index contributed by atoms with van der Waals surface area (Å²) in [6.45, 7) is 11.3. The first-order valence-corrected chi connectivity index (χ1v) is 25.6. The standard InChI is InChI=1S/C55H67N7O8S/c1-36-50(71-35-60-36)39-11-8-38(9-12-39)31-59-53(65)48-30-45(63)34-62(48)54(66)51(55(2,3)4)61-49(64)15-18-67-20-22-69-24-25-70-23-21-68-19-17-57-52-40(27-44(33-58-52)41-6-5-16-56-32-41)13-7-37-10-14-46-42(26-37)28-43-29-47(43)46/h5-14,16,26-27,32-33,35,43,45,47-48,51,63H,15,17-25,28-31,34H2,1-4H3,(H,57,58)(H,59,65)(H,61,64)/b13-7+/t43?,45-,47+,48+,51-/m1/s1. The maximum atomic E-state index is 14.0. The summed E-state index contributed by atoms with van der Waals surface area (Å²) in [5.74, 6) is 1.31. The molecule has 3 amide bonds. The van der Waals surface area contributed by atoms with Crippen molar-refractivity contribution in [3.05, 3.63) is 118 Å². The van der Waals surface area contributed by atoms with Gasteiger partial charge in [-0.05, 0) is 77.0 Å². The Balaban J connectivity index is 0.675. The number of thiazole rings is 1. The maximum Gasteiger partial charge on any atom is 0.246 e. The van der Waals surface area contributed by atoms with Gasteiger partial charge in [-0.1, -0.05) is 81.5 Å². The van der Waals surface area contributed by atoms with Gasteiger partial charge in [0, 0.05) is 67.8 Å². The topological polar surface area (TPSA) is 186 Å². The third-order valence-electron chi connectivity index (χ3n) is 13.2. The smallest absolute Gasteiger partial charge is 0.246 e. The number of nitrogens with zero attached hydrogens (tertiary/aromatic N) is 4. The first-order chi connectivity index (χ1) is 34.4. The SMILES string of the molecule is Cc1ncsc1-c1ccc(CNC(=O)[C@@H]2C[C@@H](O)CN2C(=O)[C@@H](NC(=O)CCOCCOCCOCCOCCNc2ncc(-c3cccnc3)cc2/C=C/c2ccc3c(c2)CC2C[C@H]32)C(C)(C)C)cc1. The first kappa shape index (κ1) is 51.5. The van der Waals surface area contributed by atoms with Crippen molar-refractivity contribution >= 4 is 47.0 Å². The van der Waals surface area contributed by atoms with Crippen LogP contribution in [0.25, 0.3) is 33.7 Å². The number of benzene rings is 2. The van der Waals surface area contributed by atoms with Crippen molar-refractivity contribution in [2.75, 3.05) is 71.3 Å². The van der Waals surface area contributed by atoms with Crippen molar-refractivity contribution in [1.29, 1.82) is 0 Å². The van der Waals surface area contributed by atoms with E-state index in [2.05, 4.69) is 62.3 Å². The lowest BCUT2D eigenvalue weighted by Gasteiger charge is -2.35. The largest absolute Gasteiger partial charge is 0.391 e. The van der Waals surface area contributed by atoms with Gasteiger partial charge in [-0.25, -0.2) is 9.97 Å². The summed E-state index contributed by atoms with van der Waals surface area (Å²) < 4.78 is 22.8. The minimum atomic E-state index is -0.922. The van der Waals surface area contributed by atoms with E-state index in [1.807, 2.05) is 82.0 Å². The zero-order valence-corrected chi connectivity index (χ0v) is 42.0. The molecule has 0 spiro atoms. The Labute approximate surface area is 420 Å². The molecule has 1 aliphatic heterocycles. The molecule has 1 unspecified atom stereocenters. The predicted octanol–water partition coefficient (Wildman–Crippen LogP) is 7.08. The van der Waals surface area contributed by atoms with Crippen molar-refractivity contribution in [1.82, 2.24) is 30.5 Å². The number of hydrogen-bond acceptors (Lipinski definition) is 13. The molecule has 5 atom stereocenters. The number of amides is 3.